The van der Waals surface area contributed by atoms with Gasteiger partial charge in [0, 0.05) is 23.2 Å². The number of carbonyl (C=O) groups excluding carboxylic acids is 1. The predicted octanol–water partition coefficient (Wildman–Crippen LogP) is 3.83. The first-order valence-electron chi connectivity index (χ1n) is 8.76. The van der Waals surface area contributed by atoms with Crippen LogP contribution in [0.1, 0.15) is 30.9 Å². The second-order valence-corrected chi connectivity index (χ2v) is 8.18. The summed E-state index contributed by atoms with van der Waals surface area (Å²) in [5, 5.41) is 0.327. The van der Waals surface area contributed by atoms with Crippen molar-refractivity contribution in [3.8, 4) is 0 Å². The Morgan fingerprint density at radius 1 is 1.23 bits per heavy atom. The number of ether oxygens (including phenoxy) is 1. The maximum absolute atomic E-state index is 13.8. The Hall–Kier alpha value is -0.590. The fourth-order valence-electron chi connectivity index (χ4n) is 4.74. The fourth-order valence-corrected chi connectivity index (χ4v) is 5.24. The van der Waals surface area contributed by atoms with Crippen LogP contribution in [0.3, 0.4) is 0 Å². The first-order valence-corrected chi connectivity index (χ1v) is 9.51. The molecular weight excluding hydrogens is 402 g/mol. The molecule has 8 heteroatoms. The van der Waals surface area contributed by atoms with E-state index in [0.717, 1.165) is 19.3 Å². The zero-order chi connectivity index (χ0) is 17.7. The van der Waals surface area contributed by atoms with Crippen molar-refractivity contribution in [2.45, 2.75) is 31.4 Å². The highest BCUT2D eigenvalue weighted by Crippen LogP contribution is 2.48. The number of carbonyl (C=O) groups is 1. The quantitative estimate of drug-likeness (QED) is 0.736. The lowest BCUT2D eigenvalue weighted by molar-refractivity contribution is -0.145. The van der Waals surface area contributed by atoms with Gasteiger partial charge in [-0.05, 0) is 43.2 Å². The number of halogens is 4. The number of benzene rings is 1. The van der Waals surface area contributed by atoms with Gasteiger partial charge in [0.25, 0.3) is 0 Å². The monoisotopic (exact) mass is 422 g/mol. The molecular formula is C18H22Cl3FN2O2. The molecule has 4 rings (SSSR count). The Morgan fingerprint density at radius 3 is 2.65 bits per heavy atom. The molecule has 0 spiro atoms. The van der Waals surface area contributed by atoms with Crippen molar-refractivity contribution in [1.29, 1.82) is 0 Å². The Morgan fingerprint density at radius 2 is 1.96 bits per heavy atom. The topological polar surface area (TPSA) is 55.6 Å². The SMILES string of the molecule is Cl.NC1C2CCC(C2)C1C(=O)N1CCOC(c2cc(F)c(Cl)cc2Cl)C1. The number of rotatable bonds is 2. The number of nitrogens with zero attached hydrogens (tertiary/aromatic N) is 1. The second-order valence-electron chi connectivity index (χ2n) is 7.37. The van der Waals surface area contributed by atoms with E-state index in [1.54, 1.807) is 0 Å². The first kappa shape index (κ1) is 20.2. The van der Waals surface area contributed by atoms with E-state index in [0.29, 0.717) is 42.1 Å². The number of hydrogen-bond acceptors (Lipinski definition) is 3. The van der Waals surface area contributed by atoms with Gasteiger partial charge in [0.05, 0.1) is 24.1 Å². The summed E-state index contributed by atoms with van der Waals surface area (Å²) in [6.45, 7) is 1.29. The highest BCUT2D eigenvalue weighted by Gasteiger charge is 2.50. The van der Waals surface area contributed by atoms with Gasteiger partial charge < -0.3 is 15.4 Å². The summed E-state index contributed by atoms with van der Waals surface area (Å²) in [6.07, 6.45) is 2.85. The smallest absolute Gasteiger partial charge is 0.227 e. The maximum Gasteiger partial charge on any atom is 0.227 e. The molecule has 2 saturated carbocycles. The minimum Gasteiger partial charge on any atom is -0.370 e. The highest BCUT2D eigenvalue weighted by atomic mass is 35.5. The summed E-state index contributed by atoms with van der Waals surface area (Å²) in [4.78, 5) is 14.9. The molecule has 1 aromatic rings. The highest BCUT2D eigenvalue weighted by molar-refractivity contribution is 6.35. The maximum atomic E-state index is 13.8. The van der Waals surface area contributed by atoms with E-state index in [1.807, 2.05) is 4.90 Å². The molecule has 0 aromatic heterocycles. The van der Waals surface area contributed by atoms with Crippen molar-refractivity contribution in [1.82, 2.24) is 4.90 Å². The minimum atomic E-state index is -0.539. The van der Waals surface area contributed by atoms with Crippen LogP contribution in [-0.4, -0.2) is 36.5 Å². The van der Waals surface area contributed by atoms with E-state index in [2.05, 4.69) is 0 Å². The van der Waals surface area contributed by atoms with Crippen molar-refractivity contribution >= 4 is 41.5 Å². The van der Waals surface area contributed by atoms with Crippen molar-refractivity contribution in [3.63, 3.8) is 0 Å². The van der Waals surface area contributed by atoms with Crippen LogP contribution in [0, 0.1) is 23.6 Å². The molecule has 2 aliphatic carbocycles. The van der Waals surface area contributed by atoms with Gasteiger partial charge in [-0.25, -0.2) is 4.39 Å². The molecule has 1 heterocycles. The van der Waals surface area contributed by atoms with Crippen LogP contribution in [0.25, 0.3) is 0 Å². The van der Waals surface area contributed by atoms with E-state index in [-0.39, 0.29) is 35.3 Å². The standard InChI is InChI=1S/C18H21Cl2FN2O2.ClH/c19-12-7-13(20)14(21)6-11(12)15-8-23(3-4-25-15)18(24)16-9-1-2-10(5-9)17(16)22;/h6-7,9-10,15-17H,1-5,8,22H2;1H. The van der Waals surface area contributed by atoms with E-state index < -0.39 is 11.9 Å². The summed E-state index contributed by atoms with van der Waals surface area (Å²) < 4.78 is 19.6. The predicted molar refractivity (Wildman–Crippen MR) is 101 cm³/mol. The van der Waals surface area contributed by atoms with Crippen molar-refractivity contribution in [3.05, 3.63) is 33.6 Å². The van der Waals surface area contributed by atoms with Crippen LogP contribution < -0.4 is 5.73 Å². The summed E-state index contributed by atoms with van der Waals surface area (Å²) >= 11 is 12.0. The largest absolute Gasteiger partial charge is 0.370 e. The van der Waals surface area contributed by atoms with Gasteiger partial charge in [0.15, 0.2) is 0 Å². The molecule has 1 aliphatic heterocycles. The van der Waals surface area contributed by atoms with Gasteiger partial charge >= 0.3 is 0 Å². The van der Waals surface area contributed by atoms with Gasteiger partial charge in [-0.2, -0.15) is 0 Å². The second kappa shape index (κ2) is 7.80. The van der Waals surface area contributed by atoms with Crippen LogP contribution in [0.15, 0.2) is 12.1 Å². The van der Waals surface area contributed by atoms with Gasteiger partial charge in [-0.15, -0.1) is 12.4 Å². The Bertz CT molecular complexity index is 703. The summed E-state index contributed by atoms with van der Waals surface area (Å²) in [6, 6.07) is 2.64. The molecule has 2 bridgehead atoms. The number of hydrogen-bond donors (Lipinski definition) is 1. The summed E-state index contributed by atoms with van der Waals surface area (Å²) in [5.74, 6) is 0.373. The van der Waals surface area contributed by atoms with Gasteiger partial charge in [0.1, 0.15) is 11.9 Å². The lowest BCUT2D eigenvalue weighted by Crippen LogP contribution is -2.50. The molecule has 1 saturated heterocycles. The van der Waals surface area contributed by atoms with E-state index >= 15 is 0 Å². The third-order valence-electron chi connectivity index (χ3n) is 6.03. The lowest BCUT2D eigenvalue weighted by atomic mass is 9.84. The average molecular weight is 424 g/mol. The van der Waals surface area contributed by atoms with Crippen molar-refractivity contribution in [2.24, 2.45) is 23.5 Å². The van der Waals surface area contributed by atoms with Gasteiger partial charge in [-0.3, -0.25) is 4.79 Å². The first-order chi connectivity index (χ1) is 12.0. The zero-order valence-corrected chi connectivity index (χ0v) is 16.5. The Kier molecular flexibility index (Phi) is 6.05. The molecule has 5 atom stereocenters. The molecule has 1 amide bonds. The number of amides is 1. The van der Waals surface area contributed by atoms with Crippen LogP contribution in [0.2, 0.25) is 10.0 Å². The zero-order valence-electron chi connectivity index (χ0n) is 14.2. The van der Waals surface area contributed by atoms with E-state index in [9.17, 15) is 9.18 Å². The van der Waals surface area contributed by atoms with Crippen molar-refractivity contribution in [2.75, 3.05) is 19.7 Å². The van der Waals surface area contributed by atoms with Gasteiger partial charge in [-0.1, -0.05) is 23.2 Å². The lowest BCUT2D eigenvalue weighted by Gasteiger charge is -2.38. The third-order valence-corrected chi connectivity index (χ3v) is 6.65. The molecule has 144 valence electrons. The van der Waals surface area contributed by atoms with Crippen LogP contribution in [-0.2, 0) is 9.53 Å². The Balaban J connectivity index is 0.00000196. The third kappa shape index (κ3) is 3.45. The number of morpholine rings is 1. The Labute approximate surface area is 168 Å². The fraction of sp³-hybridized carbons (Fsp3) is 0.611. The molecule has 3 aliphatic rings. The van der Waals surface area contributed by atoms with Crippen LogP contribution in [0.4, 0.5) is 4.39 Å². The van der Waals surface area contributed by atoms with E-state index in [1.165, 1.54) is 12.1 Å². The summed E-state index contributed by atoms with van der Waals surface area (Å²) in [7, 11) is 0. The molecule has 4 nitrogen and oxygen atoms in total. The van der Waals surface area contributed by atoms with Crippen LogP contribution >= 0.6 is 35.6 Å². The number of fused-ring (bicyclic) bond motifs is 2. The summed E-state index contributed by atoms with van der Waals surface area (Å²) in [5.41, 5.74) is 6.84. The van der Waals surface area contributed by atoms with Crippen LogP contribution in [0.5, 0.6) is 0 Å². The molecule has 26 heavy (non-hydrogen) atoms. The van der Waals surface area contributed by atoms with E-state index in [4.69, 9.17) is 33.7 Å². The normalized spacial score (nSPS) is 33.2. The molecule has 3 fully saturated rings. The molecule has 1 aromatic carbocycles. The minimum absolute atomic E-state index is 0. The molecule has 5 unspecified atom stereocenters. The molecule has 0 radical (unpaired) electrons. The average Bonchev–Trinajstić information content (AvgIpc) is 3.19. The van der Waals surface area contributed by atoms with Gasteiger partial charge in [0.2, 0.25) is 5.91 Å². The molecule has 2 N–H and O–H groups in total. The van der Waals surface area contributed by atoms with Crippen molar-refractivity contribution < 1.29 is 13.9 Å². The number of nitrogens with two attached hydrogens (primary N) is 1.